The zero-order valence-electron chi connectivity index (χ0n) is 13.3. The summed E-state index contributed by atoms with van der Waals surface area (Å²) in [6.45, 7) is 0.271. The van der Waals surface area contributed by atoms with Gasteiger partial charge in [-0.05, 0) is 18.9 Å². The van der Waals surface area contributed by atoms with E-state index < -0.39 is 0 Å². The van der Waals surface area contributed by atoms with Crippen LogP contribution < -0.4 is 5.32 Å². The van der Waals surface area contributed by atoms with Crippen molar-refractivity contribution in [3.8, 4) is 0 Å². The van der Waals surface area contributed by atoms with Crippen LogP contribution >= 0.6 is 0 Å². The quantitative estimate of drug-likeness (QED) is 0.825. The molecule has 1 aromatic heterocycles. The summed E-state index contributed by atoms with van der Waals surface area (Å²) in [4.78, 5) is 27.8. The summed E-state index contributed by atoms with van der Waals surface area (Å²) in [5, 5.41) is 7.46. The third-order valence-corrected chi connectivity index (χ3v) is 4.75. The number of hydrogen-bond donors (Lipinski definition) is 1. The van der Waals surface area contributed by atoms with Gasteiger partial charge in [-0.3, -0.25) is 14.3 Å². The van der Waals surface area contributed by atoms with Crippen LogP contribution in [-0.4, -0.2) is 64.1 Å². The van der Waals surface area contributed by atoms with E-state index in [1.54, 1.807) is 22.8 Å². The molecule has 2 fully saturated rings. The van der Waals surface area contributed by atoms with Gasteiger partial charge in [0.2, 0.25) is 11.8 Å². The molecule has 2 atom stereocenters. The normalized spacial score (nSPS) is 24.9. The lowest BCUT2D eigenvalue weighted by atomic mass is 10.1. The van der Waals surface area contributed by atoms with Crippen LogP contribution in [0, 0.1) is 0 Å². The number of nitrogens with zero attached hydrogens (tertiary/aromatic N) is 4. The smallest absolute Gasteiger partial charge is 0.236 e. The molecule has 22 heavy (non-hydrogen) atoms. The third-order valence-electron chi connectivity index (χ3n) is 4.75. The first kappa shape index (κ1) is 15.0. The molecule has 1 N–H and O–H groups in total. The largest absolute Gasteiger partial charge is 0.342 e. The zero-order valence-corrected chi connectivity index (χ0v) is 13.3. The summed E-state index contributed by atoms with van der Waals surface area (Å²) in [5.74, 6) is 0.181. The monoisotopic (exact) mass is 305 g/mol. The molecule has 3 rings (SSSR count). The lowest BCUT2D eigenvalue weighted by Gasteiger charge is -2.26. The number of likely N-dealkylation sites (tertiary alicyclic amines) is 1. The molecule has 0 radical (unpaired) electrons. The molecular formula is C15H23N5O2. The van der Waals surface area contributed by atoms with Crippen LogP contribution in [0.5, 0.6) is 0 Å². The molecule has 0 bridgehead atoms. The Morgan fingerprint density at radius 3 is 2.77 bits per heavy atom. The van der Waals surface area contributed by atoms with Crippen LogP contribution in [0.15, 0.2) is 12.3 Å². The number of carbonyl (C=O) groups is 2. The Morgan fingerprint density at radius 2 is 2.18 bits per heavy atom. The predicted molar refractivity (Wildman–Crippen MR) is 80.9 cm³/mol. The number of carbonyl (C=O) groups excluding carboxylic acids is 2. The standard InChI is InChI=1S/C15H23N5O2/c1-18(10-4-5-10)14(22)9-16-11-8-13(21)19(2)15(11)12-6-7-17-20(12)3/h6-7,10-11,15-16H,4-5,8-9H2,1-3H3/t11-,15-/m1/s1. The highest BCUT2D eigenvalue weighted by atomic mass is 16.2. The molecule has 1 aliphatic carbocycles. The summed E-state index contributed by atoms with van der Waals surface area (Å²) in [6.07, 6.45) is 4.34. The number of rotatable bonds is 5. The second kappa shape index (κ2) is 5.72. The van der Waals surface area contributed by atoms with Gasteiger partial charge in [-0.2, -0.15) is 5.10 Å². The molecule has 1 aliphatic heterocycles. The lowest BCUT2D eigenvalue weighted by Crippen LogP contribution is -2.43. The topological polar surface area (TPSA) is 70.5 Å². The highest BCUT2D eigenvalue weighted by molar-refractivity contribution is 5.81. The van der Waals surface area contributed by atoms with Crippen LogP contribution in [0.3, 0.4) is 0 Å². The van der Waals surface area contributed by atoms with Gasteiger partial charge in [-0.25, -0.2) is 0 Å². The summed E-state index contributed by atoms with van der Waals surface area (Å²) in [5.41, 5.74) is 0.980. The fraction of sp³-hybridized carbons (Fsp3) is 0.667. The minimum absolute atomic E-state index is 0.0653. The van der Waals surface area contributed by atoms with Crippen molar-refractivity contribution in [2.75, 3.05) is 20.6 Å². The van der Waals surface area contributed by atoms with E-state index in [4.69, 9.17) is 0 Å². The highest BCUT2D eigenvalue weighted by Crippen LogP contribution is 2.31. The van der Waals surface area contributed by atoms with E-state index in [9.17, 15) is 9.59 Å². The number of nitrogens with one attached hydrogen (secondary N) is 1. The third kappa shape index (κ3) is 2.72. The van der Waals surface area contributed by atoms with Gasteiger partial charge in [0.15, 0.2) is 0 Å². The first-order chi connectivity index (χ1) is 10.5. The minimum Gasteiger partial charge on any atom is -0.342 e. The Bertz CT molecular complexity index is 580. The predicted octanol–water partition coefficient (Wildman–Crippen LogP) is -0.0977. The molecule has 1 aromatic rings. The van der Waals surface area contributed by atoms with Gasteiger partial charge >= 0.3 is 0 Å². The van der Waals surface area contributed by atoms with E-state index >= 15 is 0 Å². The molecular weight excluding hydrogens is 282 g/mol. The molecule has 2 heterocycles. The number of aromatic nitrogens is 2. The van der Waals surface area contributed by atoms with Gasteiger partial charge < -0.3 is 15.1 Å². The van der Waals surface area contributed by atoms with Crippen LogP contribution in [0.25, 0.3) is 0 Å². The van der Waals surface area contributed by atoms with Crippen molar-refractivity contribution < 1.29 is 9.59 Å². The molecule has 2 amide bonds. The summed E-state index contributed by atoms with van der Waals surface area (Å²) in [7, 11) is 5.53. The van der Waals surface area contributed by atoms with Crippen molar-refractivity contribution in [2.45, 2.75) is 37.4 Å². The molecule has 1 saturated carbocycles. The van der Waals surface area contributed by atoms with Crippen molar-refractivity contribution in [2.24, 2.45) is 7.05 Å². The molecule has 120 valence electrons. The summed E-state index contributed by atoms with van der Waals surface area (Å²) >= 11 is 0. The molecule has 0 aromatic carbocycles. The maximum Gasteiger partial charge on any atom is 0.236 e. The van der Waals surface area contributed by atoms with Crippen molar-refractivity contribution in [3.05, 3.63) is 18.0 Å². The summed E-state index contributed by atoms with van der Waals surface area (Å²) < 4.78 is 1.78. The molecule has 7 heteroatoms. The first-order valence-electron chi connectivity index (χ1n) is 7.71. The van der Waals surface area contributed by atoms with Crippen molar-refractivity contribution in [1.82, 2.24) is 24.9 Å². The van der Waals surface area contributed by atoms with Gasteiger partial charge in [0.05, 0.1) is 18.3 Å². The van der Waals surface area contributed by atoms with Crippen LogP contribution in [0.1, 0.15) is 31.0 Å². The Kier molecular flexibility index (Phi) is 3.90. The lowest BCUT2D eigenvalue weighted by molar-refractivity contribution is -0.130. The zero-order chi connectivity index (χ0) is 15.9. The number of amides is 2. The van der Waals surface area contributed by atoms with Gasteiger partial charge in [0, 0.05) is 45.8 Å². The van der Waals surface area contributed by atoms with E-state index in [0.29, 0.717) is 12.5 Å². The van der Waals surface area contributed by atoms with Gasteiger partial charge in [-0.1, -0.05) is 0 Å². The molecule has 7 nitrogen and oxygen atoms in total. The minimum atomic E-state index is -0.0842. The van der Waals surface area contributed by atoms with E-state index in [1.807, 2.05) is 25.1 Å². The molecule has 0 unspecified atom stereocenters. The maximum absolute atomic E-state index is 12.2. The Balaban J connectivity index is 1.67. The average molecular weight is 305 g/mol. The fourth-order valence-electron chi connectivity index (χ4n) is 3.14. The van der Waals surface area contributed by atoms with Crippen molar-refractivity contribution in [3.63, 3.8) is 0 Å². The van der Waals surface area contributed by atoms with E-state index in [-0.39, 0.29) is 30.4 Å². The van der Waals surface area contributed by atoms with Crippen molar-refractivity contribution in [1.29, 1.82) is 0 Å². The van der Waals surface area contributed by atoms with Gasteiger partial charge in [0.25, 0.3) is 0 Å². The van der Waals surface area contributed by atoms with E-state index in [1.165, 1.54) is 0 Å². The molecule has 2 aliphatic rings. The SMILES string of the molecule is CN(C(=O)CN[C@@H]1CC(=O)N(C)[C@H]1c1ccnn1C)C1CC1. The fourth-order valence-corrected chi connectivity index (χ4v) is 3.14. The van der Waals surface area contributed by atoms with Gasteiger partial charge in [-0.15, -0.1) is 0 Å². The number of likely N-dealkylation sites (N-methyl/N-ethyl adjacent to an activating group) is 2. The van der Waals surface area contributed by atoms with Crippen LogP contribution in [0.2, 0.25) is 0 Å². The van der Waals surface area contributed by atoms with Gasteiger partial charge in [0.1, 0.15) is 0 Å². The number of aryl methyl sites for hydroxylation is 1. The van der Waals surface area contributed by atoms with Crippen molar-refractivity contribution >= 4 is 11.8 Å². The summed E-state index contributed by atoms with van der Waals surface area (Å²) in [6, 6.07) is 2.19. The van der Waals surface area contributed by atoms with E-state index in [2.05, 4.69) is 10.4 Å². The Morgan fingerprint density at radius 1 is 1.45 bits per heavy atom. The highest BCUT2D eigenvalue weighted by Gasteiger charge is 2.40. The second-order valence-corrected chi connectivity index (χ2v) is 6.26. The molecule has 1 saturated heterocycles. The Labute approximate surface area is 130 Å². The first-order valence-corrected chi connectivity index (χ1v) is 7.71. The van der Waals surface area contributed by atoms with Crippen LogP contribution in [0.4, 0.5) is 0 Å². The Hall–Kier alpha value is -1.89. The second-order valence-electron chi connectivity index (χ2n) is 6.26. The molecule has 0 spiro atoms. The average Bonchev–Trinajstić information content (AvgIpc) is 3.20. The number of hydrogen-bond acceptors (Lipinski definition) is 4. The maximum atomic E-state index is 12.2. The van der Waals surface area contributed by atoms with Crippen LogP contribution in [-0.2, 0) is 16.6 Å². The van der Waals surface area contributed by atoms with E-state index in [0.717, 1.165) is 18.5 Å².